The standard InChI is InChI=1S/C24H31N3O7/c1-4-33-21-8-7-18(14-19(21)27(29)30)24(28)25-16-20(26-10-12-32-13-11-26)17-6-9-22(34-5-2)23(15-17)31-3/h6-9,14-15,20H,4-5,10-13,16H2,1-3H3,(H,25,28). The molecule has 1 amide bonds. The first kappa shape index (κ1) is 25.3. The van der Waals surface area contributed by atoms with Crippen molar-refractivity contribution in [3.8, 4) is 17.2 Å². The van der Waals surface area contributed by atoms with Crippen molar-refractivity contribution in [3.63, 3.8) is 0 Å². The van der Waals surface area contributed by atoms with Crippen LogP contribution in [0.4, 0.5) is 5.69 Å². The predicted molar refractivity (Wildman–Crippen MR) is 126 cm³/mol. The molecule has 2 aromatic carbocycles. The maximum atomic E-state index is 12.9. The molecule has 2 aromatic rings. The quantitative estimate of drug-likeness (QED) is 0.391. The molecule has 1 heterocycles. The fourth-order valence-corrected chi connectivity index (χ4v) is 3.88. The zero-order valence-corrected chi connectivity index (χ0v) is 19.7. The minimum absolute atomic E-state index is 0.136. The number of benzene rings is 2. The second-order valence-electron chi connectivity index (χ2n) is 7.59. The van der Waals surface area contributed by atoms with Crippen LogP contribution < -0.4 is 19.5 Å². The third kappa shape index (κ3) is 6.15. The van der Waals surface area contributed by atoms with E-state index in [0.29, 0.717) is 57.6 Å². The van der Waals surface area contributed by atoms with E-state index in [4.69, 9.17) is 18.9 Å². The maximum absolute atomic E-state index is 12.9. The van der Waals surface area contributed by atoms with E-state index >= 15 is 0 Å². The second-order valence-corrected chi connectivity index (χ2v) is 7.59. The lowest BCUT2D eigenvalue weighted by molar-refractivity contribution is -0.385. The van der Waals surface area contributed by atoms with Crippen molar-refractivity contribution >= 4 is 11.6 Å². The van der Waals surface area contributed by atoms with E-state index in [9.17, 15) is 14.9 Å². The SMILES string of the molecule is CCOc1ccc(C(CNC(=O)c2ccc(OCC)c([N+](=O)[O-])c2)N2CCOCC2)cc1OC. The largest absolute Gasteiger partial charge is 0.493 e. The summed E-state index contributed by atoms with van der Waals surface area (Å²) in [5.74, 6) is 1.00. The van der Waals surface area contributed by atoms with Crippen LogP contribution in [0.5, 0.6) is 17.2 Å². The number of amides is 1. The van der Waals surface area contributed by atoms with Gasteiger partial charge in [0.15, 0.2) is 17.2 Å². The third-order valence-electron chi connectivity index (χ3n) is 5.53. The van der Waals surface area contributed by atoms with Crippen LogP contribution in [0.1, 0.15) is 35.8 Å². The molecule has 1 atom stereocenters. The van der Waals surface area contributed by atoms with Gasteiger partial charge in [0.1, 0.15) is 0 Å². The summed E-state index contributed by atoms with van der Waals surface area (Å²) in [5, 5.41) is 14.3. The molecule has 0 spiro atoms. The van der Waals surface area contributed by atoms with Crippen molar-refractivity contribution in [2.45, 2.75) is 19.9 Å². The van der Waals surface area contributed by atoms with Gasteiger partial charge in [0.05, 0.1) is 44.5 Å². The summed E-state index contributed by atoms with van der Waals surface area (Å²) in [6.07, 6.45) is 0. The van der Waals surface area contributed by atoms with Crippen LogP contribution in [0.2, 0.25) is 0 Å². The fraction of sp³-hybridized carbons (Fsp3) is 0.458. The topological polar surface area (TPSA) is 112 Å². The molecule has 1 aliphatic heterocycles. The van der Waals surface area contributed by atoms with Crippen LogP contribution in [0.3, 0.4) is 0 Å². The van der Waals surface area contributed by atoms with Crippen molar-refractivity contribution in [2.75, 3.05) is 53.2 Å². The molecule has 3 rings (SSSR count). The maximum Gasteiger partial charge on any atom is 0.311 e. The number of rotatable bonds is 11. The first-order valence-corrected chi connectivity index (χ1v) is 11.3. The van der Waals surface area contributed by atoms with Gasteiger partial charge in [0.25, 0.3) is 5.91 Å². The van der Waals surface area contributed by atoms with Gasteiger partial charge >= 0.3 is 5.69 Å². The molecule has 1 saturated heterocycles. The average Bonchev–Trinajstić information content (AvgIpc) is 2.85. The van der Waals surface area contributed by atoms with E-state index < -0.39 is 10.8 Å². The first-order chi connectivity index (χ1) is 16.5. The Morgan fingerprint density at radius 3 is 2.41 bits per heavy atom. The van der Waals surface area contributed by atoms with Crippen LogP contribution in [-0.2, 0) is 4.74 Å². The Bertz CT molecular complexity index is 993. The van der Waals surface area contributed by atoms with Crippen LogP contribution in [-0.4, -0.2) is 68.9 Å². The number of nitrogens with zero attached hydrogens (tertiary/aromatic N) is 2. The van der Waals surface area contributed by atoms with E-state index in [1.54, 1.807) is 14.0 Å². The highest BCUT2D eigenvalue weighted by atomic mass is 16.6. The van der Waals surface area contributed by atoms with Crippen LogP contribution in [0.25, 0.3) is 0 Å². The summed E-state index contributed by atoms with van der Waals surface area (Å²) in [7, 11) is 1.59. The lowest BCUT2D eigenvalue weighted by atomic mass is 10.0. The number of carbonyl (C=O) groups is 1. The Kier molecular flexibility index (Phi) is 9.06. The van der Waals surface area contributed by atoms with Gasteiger partial charge in [-0.05, 0) is 43.7 Å². The minimum atomic E-state index is -0.551. The molecule has 0 aromatic heterocycles. The number of nitro groups is 1. The molecule has 1 unspecified atom stereocenters. The van der Waals surface area contributed by atoms with Crippen LogP contribution in [0.15, 0.2) is 36.4 Å². The van der Waals surface area contributed by atoms with E-state index in [-0.39, 0.29) is 23.0 Å². The molecule has 10 heteroatoms. The number of nitrogens with one attached hydrogen (secondary N) is 1. The smallest absolute Gasteiger partial charge is 0.311 e. The van der Waals surface area contributed by atoms with Gasteiger partial charge in [-0.1, -0.05) is 6.07 Å². The number of methoxy groups -OCH3 is 1. The zero-order chi connectivity index (χ0) is 24.5. The van der Waals surface area contributed by atoms with Crippen molar-refractivity contribution in [3.05, 3.63) is 57.6 Å². The van der Waals surface area contributed by atoms with Gasteiger partial charge in [0, 0.05) is 31.3 Å². The summed E-state index contributed by atoms with van der Waals surface area (Å²) in [6.45, 7) is 7.39. The van der Waals surface area contributed by atoms with E-state index in [1.165, 1.54) is 18.2 Å². The van der Waals surface area contributed by atoms with Gasteiger partial charge in [-0.2, -0.15) is 0 Å². The Morgan fingerprint density at radius 2 is 1.76 bits per heavy atom. The van der Waals surface area contributed by atoms with Crippen LogP contribution in [0, 0.1) is 10.1 Å². The molecule has 0 saturated carbocycles. The van der Waals surface area contributed by atoms with Gasteiger partial charge in [-0.25, -0.2) is 0 Å². The summed E-state index contributed by atoms with van der Waals surface area (Å²) in [5.41, 5.74) is 0.913. The summed E-state index contributed by atoms with van der Waals surface area (Å²) in [6, 6.07) is 9.81. The fourth-order valence-electron chi connectivity index (χ4n) is 3.88. The van der Waals surface area contributed by atoms with Crippen molar-refractivity contribution in [1.29, 1.82) is 0 Å². The monoisotopic (exact) mass is 473 g/mol. The third-order valence-corrected chi connectivity index (χ3v) is 5.53. The van der Waals surface area contributed by atoms with Gasteiger partial charge in [-0.15, -0.1) is 0 Å². The first-order valence-electron chi connectivity index (χ1n) is 11.3. The summed E-state index contributed by atoms with van der Waals surface area (Å²) < 4.78 is 21.9. The Balaban J connectivity index is 1.82. The highest BCUT2D eigenvalue weighted by Crippen LogP contribution is 2.33. The molecule has 1 N–H and O–H groups in total. The molecular formula is C24H31N3O7. The number of hydrogen-bond donors (Lipinski definition) is 1. The van der Waals surface area contributed by atoms with E-state index in [0.717, 1.165) is 5.56 Å². The normalized spacial score (nSPS) is 14.8. The molecule has 0 bridgehead atoms. The van der Waals surface area contributed by atoms with Crippen molar-refractivity contribution in [1.82, 2.24) is 10.2 Å². The Labute approximate surface area is 198 Å². The number of hydrogen-bond acceptors (Lipinski definition) is 8. The number of ether oxygens (including phenoxy) is 4. The lowest BCUT2D eigenvalue weighted by Gasteiger charge is -2.35. The molecular weight excluding hydrogens is 442 g/mol. The molecule has 1 fully saturated rings. The summed E-state index contributed by atoms with van der Waals surface area (Å²) >= 11 is 0. The molecule has 10 nitrogen and oxygen atoms in total. The Hall–Kier alpha value is -3.37. The molecule has 0 radical (unpaired) electrons. The van der Waals surface area contributed by atoms with Gasteiger partial charge in [0.2, 0.25) is 0 Å². The summed E-state index contributed by atoms with van der Waals surface area (Å²) in [4.78, 5) is 26.0. The number of nitro benzene ring substituents is 1. The van der Waals surface area contributed by atoms with Crippen molar-refractivity contribution in [2.24, 2.45) is 0 Å². The van der Waals surface area contributed by atoms with Crippen molar-refractivity contribution < 1.29 is 28.7 Å². The van der Waals surface area contributed by atoms with Gasteiger partial charge in [-0.3, -0.25) is 19.8 Å². The lowest BCUT2D eigenvalue weighted by Crippen LogP contribution is -2.43. The molecule has 1 aliphatic rings. The van der Waals surface area contributed by atoms with Gasteiger partial charge < -0.3 is 24.3 Å². The van der Waals surface area contributed by atoms with E-state index in [2.05, 4.69) is 10.2 Å². The van der Waals surface area contributed by atoms with E-state index in [1.807, 2.05) is 25.1 Å². The molecule has 184 valence electrons. The number of morpholine rings is 1. The zero-order valence-electron chi connectivity index (χ0n) is 19.7. The number of carbonyl (C=O) groups excluding carboxylic acids is 1. The average molecular weight is 474 g/mol. The minimum Gasteiger partial charge on any atom is -0.493 e. The predicted octanol–water partition coefficient (Wildman–Crippen LogP) is 3.20. The highest BCUT2D eigenvalue weighted by Gasteiger charge is 2.25. The molecule has 34 heavy (non-hydrogen) atoms. The molecule has 0 aliphatic carbocycles. The highest BCUT2D eigenvalue weighted by molar-refractivity contribution is 5.95. The Morgan fingerprint density at radius 1 is 1.09 bits per heavy atom. The van der Waals surface area contributed by atoms with Crippen LogP contribution >= 0.6 is 0 Å². The second kappa shape index (κ2) is 12.2.